The second kappa shape index (κ2) is 9.85. The summed E-state index contributed by atoms with van der Waals surface area (Å²) in [5, 5.41) is 22.9. The van der Waals surface area contributed by atoms with Gasteiger partial charge in [0.2, 0.25) is 5.91 Å². The molecule has 0 aromatic rings. The first-order valence-electron chi connectivity index (χ1n) is 4.96. The number of hydrogen-bond donors (Lipinski definition) is 4. The predicted octanol–water partition coefficient (Wildman–Crippen LogP) is -1.92. The molecule has 0 fully saturated rings. The fourth-order valence-electron chi connectivity index (χ4n) is 0.924. The van der Waals surface area contributed by atoms with Crippen molar-refractivity contribution in [3.05, 3.63) is 0 Å². The molecule has 1 amide bonds. The van der Waals surface area contributed by atoms with Gasteiger partial charge in [-0.1, -0.05) is 0 Å². The molecule has 6 nitrogen and oxygen atoms in total. The molecular weight excluding hydrogens is 200 g/mol. The normalized spacial score (nSPS) is 12.5. The first-order chi connectivity index (χ1) is 7.20. The fraction of sp³-hybridized carbons (Fsp3) is 0.889. The molecule has 0 rings (SSSR count). The molecule has 6 heteroatoms. The van der Waals surface area contributed by atoms with Gasteiger partial charge in [-0.15, -0.1) is 0 Å². The van der Waals surface area contributed by atoms with Crippen LogP contribution in [0.25, 0.3) is 0 Å². The highest BCUT2D eigenvalue weighted by Crippen LogP contribution is 1.78. The number of carbonyl (C=O) groups excluding carboxylic acids is 1. The van der Waals surface area contributed by atoms with Crippen LogP contribution in [0.5, 0.6) is 0 Å². The van der Waals surface area contributed by atoms with E-state index in [0.29, 0.717) is 13.2 Å². The number of nitrogens with one attached hydrogen (secondary N) is 2. The van der Waals surface area contributed by atoms with Crippen LogP contribution >= 0.6 is 0 Å². The number of carbonyl (C=O) groups is 1. The van der Waals surface area contributed by atoms with E-state index in [1.54, 1.807) is 7.11 Å². The second-order valence-corrected chi connectivity index (χ2v) is 3.16. The fourth-order valence-corrected chi connectivity index (χ4v) is 0.924. The van der Waals surface area contributed by atoms with Gasteiger partial charge in [-0.25, -0.2) is 0 Å². The maximum atomic E-state index is 11.1. The average molecular weight is 220 g/mol. The van der Waals surface area contributed by atoms with Crippen molar-refractivity contribution in [1.29, 1.82) is 0 Å². The Morgan fingerprint density at radius 1 is 1.53 bits per heavy atom. The van der Waals surface area contributed by atoms with E-state index in [0.717, 1.165) is 6.42 Å². The van der Waals surface area contributed by atoms with Gasteiger partial charge in [0.15, 0.2) is 0 Å². The summed E-state index contributed by atoms with van der Waals surface area (Å²) in [6.07, 6.45) is -0.0343. The molecule has 0 saturated heterocycles. The Hall–Kier alpha value is -0.690. The van der Waals surface area contributed by atoms with E-state index in [1.165, 1.54) is 0 Å². The SMILES string of the molecule is COCCCNC(=O)CNCC(O)CO. The van der Waals surface area contributed by atoms with Crippen LogP contribution in [0.3, 0.4) is 0 Å². The van der Waals surface area contributed by atoms with Crippen LogP contribution < -0.4 is 10.6 Å². The van der Waals surface area contributed by atoms with E-state index >= 15 is 0 Å². The molecule has 0 aliphatic rings. The average Bonchev–Trinajstić information content (AvgIpc) is 2.24. The van der Waals surface area contributed by atoms with Crippen LogP contribution in [0.15, 0.2) is 0 Å². The summed E-state index contributed by atoms with van der Waals surface area (Å²) in [5.41, 5.74) is 0. The van der Waals surface area contributed by atoms with Gasteiger partial charge in [-0.3, -0.25) is 4.79 Å². The number of hydrogen-bond acceptors (Lipinski definition) is 5. The lowest BCUT2D eigenvalue weighted by Crippen LogP contribution is -2.38. The van der Waals surface area contributed by atoms with Crippen LogP contribution in [0.2, 0.25) is 0 Å². The molecule has 0 bridgehead atoms. The molecule has 0 aromatic carbocycles. The van der Waals surface area contributed by atoms with Crippen molar-refractivity contribution in [2.45, 2.75) is 12.5 Å². The van der Waals surface area contributed by atoms with Crippen molar-refractivity contribution in [2.75, 3.05) is 40.0 Å². The third-order valence-corrected chi connectivity index (χ3v) is 1.72. The molecule has 0 saturated carbocycles. The predicted molar refractivity (Wildman–Crippen MR) is 55.5 cm³/mol. The smallest absolute Gasteiger partial charge is 0.233 e. The molecule has 0 spiro atoms. The van der Waals surface area contributed by atoms with Crippen molar-refractivity contribution >= 4 is 5.91 Å². The monoisotopic (exact) mass is 220 g/mol. The summed E-state index contributed by atoms with van der Waals surface area (Å²) in [4.78, 5) is 11.1. The first kappa shape index (κ1) is 14.3. The Morgan fingerprint density at radius 2 is 2.27 bits per heavy atom. The second-order valence-electron chi connectivity index (χ2n) is 3.16. The van der Waals surface area contributed by atoms with Gasteiger partial charge >= 0.3 is 0 Å². The molecule has 0 heterocycles. The summed E-state index contributed by atoms with van der Waals surface area (Å²) < 4.78 is 4.82. The van der Waals surface area contributed by atoms with E-state index in [1.807, 2.05) is 0 Å². The third kappa shape index (κ3) is 9.61. The minimum atomic E-state index is -0.814. The van der Waals surface area contributed by atoms with Crippen molar-refractivity contribution < 1.29 is 19.7 Å². The lowest BCUT2D eigenvalue weighted by atomic mass is 10.3. The lowest BCUT2D eigenvalue weighted by Gasteiger charge is -2.09. The molecule has 90 valence electrons. The number of ether oxygens (including phenoxy) is 1. The summed E-state index contributed by atoms with van der Waals surface area (Å²) in [7, 11) is 1.61. The summed E-state index contributed by atoms with van der Waals surface area (Å²) in [6, 6.07) is 0. The van der Waals surface area contributed by atoms with E-state index in [-0.39, 0.29) is 25.6 Å². The first-order valence-corrected chi connectivity index (χ1v) is 4.96. The van der Waals surface area contributed by atoms with Gasteiger partial charge in [-0.2, -0.15) is 0 Å². The number of amides is 1. The number of aliphatic hydroxyl groups is 2. The Morgan fingerprint density at radius 3 is 2.87 bits per heavy atom. The lowest BCUT2D eigenvalue weighted by molar-refractivity contribution is -0.120. The standard InChI is InChI=1S/C9H20N2O4/c1-15-4-2-3-11-9(14)6-10-5-8(13)7-12/h8,10,12-13H,2-7H2,1H3,(H,11,14). The van der Waals surface area contributed by atoms with Gasteiger partial charge in [0.05, 0.1) is 19.3 Å². The van der Waals surface area contributed by atoms with Crippen LogP contribution in [0.1, 0.15) is 6.42 Å². The van der Waals surface area contributed by atoms with Gasteiger partial charge in [0.25, 0.3) is 0 Å². The molecule has 0 aromatic heterocycles. The molecule has 1 atom stereocenters. The maximum absolute atomic E-state index is 11.1. The Kier molecular flexibility index (Phi) is 9.40. The number of rotatable bonds is 9. The van der Waals surface area contributed by atoms with E-state index in [9.17, 15) is 4.79 Å². The molecule has 0 radical (unpaired) electrons. The van der Waals surface area contributed by atoms with Crippen LogP contribution in [-0.4, -0.2) is 62.2 Å². The topological polar surface area (TPSA) is 90.8 Å². The van der Waals surface area contributed by atoms with E-state index in [4.69, 9.17) is 14.9 Å². The van der Waals surface area contributed by atoms with E-state index < -0.39 is 6.10 Å². The number of aliphatic hydroxyl groups excluding tert-OH is 2. The van der Waals surface area contributed by atoms with Crippen LogP contribution in [-0.2, 0) is 9.53 Å². The van der Waals surface area contributed by atoms with Crippen molar-refractivity contribution in [2.24, 2.45) is 0 Å². The highest BCUT2D eigenvalue weighted by atomic mass is 16.5. The zero-order valence-electron chi connectivity index (χ0n) is 9.03. The molecule has 15 heavy (non-hydrogen) atoms. The summed E-state index contributed by atoms with van der Waals surface area (Å²) in [6.45, 7) is 1.25. The molecular formula is C9H20N2O4. The van der Waals surface area contributed by atoms with Gasteiger partial charge < -0.3 is 25.6 Å². The molecule has 1 unspecified atom stereocenters. The molecule has 0 aliphatic carbocycles. The maximum Gasteiger partial charge on any atom is 0.233 e. The van der Waals surface area contributed by atoms with Crippen LogP contribution in [0.4, 0.5) is 0 Å². The molecule has 0 aliphatic heterocycles. The highest BCUT2D eigenvalue weighted by Gasteiger charge is 2.03. The minimum absolute atomic E-state index is 0.128. The zero-order chi connectivity index (χ0) is 11.5. The largest absolute Gasteiger partial charge is 0.394 e. The molecule has 4 N–H and O–H groups in total. The van der Waals surface area contributed by atoms with Gasteiger partial charge in [0, 0.05) is 26.8 Å². The quantitative estimate of drug-likeness (QED) is 0.340. The zero-order valence-corrected chi connectivity index (χ0v) is 9.03. The Labute approximate surface area is 89.6 Å². The summed E-state index contributed by atoms with van der Waals surface area (Å²) >= 11 is 0. The third-order valence-electron chi connectivity index (χ3n) is 1.72. The summed E-state index contributed by atoms with van der Waals surface area (Å²) in [5.74, 6) is -0.128. The van der Waals surface area contributed by atoms with Gasteiger partial charge in [0.1, 0.15) is 0 Å². The Bertz CT molecular complexity index is 166. The van der Waals surface area contributed by atoms with E-state index in [2.05, 4.69) is 10.6 Å². The van der Waals surface area contributed by atoms with Crippen molar-refractivity contribution in [3.8, 4) is 0 Å². The minimum Gasteiger partial charge on any atom is -0.394 e. The van der Waals surface area contributed by atoms with Gasteiger partial charge in [-0.05, 0) is 6.42 Å². The highest BCUT2D eigenvalue weighted by molar-refractivity contribution is 5.77. The van der Waals surface area contributed by atoms with Crippen molar-refractivity contribution in [3.63, 3.8) is 0 Å². The van der Waals surface area contributed by atoms with Crippen molar-refractivity contribution in [1.82, 2.24) is 10.6 Å². The Balaban J connectivity index is 3.26. The van der Waals surface area contributed by atoms with Crippen LogP contribution in [0, 0.1) is 0 Å². The number of methoxy groups -OCH3 is 1.